The van der Waals surface area contributed by atoms with E-state index in [1.54, 1.807) is 10.8 Å². The molecular weight excluding hydrogens is 322 g/mol. The molecule has 4 rings (SSSR count). The summed E-state index contributed by atoms with van der Waals surface area (Å²) in [5.41, 5.74) is 2.95. The molecule has 0 N–H and O–H groups in total. The molecule has 0 fully saturated rings. The first-order chi connectivity index (χ1) is 12.7. The summed E-state index contributed by atoms with van der Waals surface area (Å²) in [5, 5.41) is 10.6. The Kier molecular flexibility index (Phi) is 4.15. The van der Waals surface area contributed by atoms with Gasteiger partial charge in [-0.05, 0) is 41.5 Å². The molecule has 126 valence electrons. The molecular formula is C22H17N3O. The number of benzene rings is 3. The lowest BCUT2D eigenvalue weighted by Gasteiger charge is -2.05. The normalized spacial score (nSPS) is 11.3. The smallest absolute Gasteiger partial charge is 0.208 e. The second kappa shape index (κ2) is 6.76. The van der Waals surface area contributed by atoms with E-state index >= 15 is 0 Å². The van der Waals surface area contributed by atoms with Crippen LogP contribution in [0.3, 0.4) is 0 Å². The number of nitrogens with zero attached hydrogens (tertiary/aromatic N) is 3. The molecule has 0 aliphatic heterocycles. The minimum absolute atomic E-state index is 0.154. The van der Waals surface area contributed by atoms with E-state index in [9.17, 15) is 4.79 Å². The maximum Gasteiger partial charge on any atom is 0.208 e. The molecule has 4 heteroatoms. The van der Waals surface area contributed by atoms with Crippen LogP contribution in [-0.4, -0.2) is 20.8 Å². The van der Waals surface area contributed by atoms with Crippen LogP contribution < -0.4 is 0 Å². The highest BCUT2D eigenvalue weighted by Gasteiger charge is 2.15. The number of hydrogen-bond donors (Lipinski definition) is 0. The van der Waals surface area contributed by atoms with Crippen molar-refractivity contribution in [2.75, 3.05) is 0 Å². The molecule has 0 aliphatic carbocycles. The van der Waals surface area contributed by atoms with E-state index in [0.717, 1.165) is 27.7 Å². The first-order valence-corrected chi connectivity index (χ1v) is 8.41. The molecule has 0 radical (unpaired) electrons. The lowest BCUT2D eigenvalue weighted by atomic mass is 10.1. The van der Waals surface area contributed by atoms with Gasteiger partial charge >= 0.3 is 0 Å². The molecule has 0 unspecified atom stereocenters. The van der Waals surface area contributed by atoms with E-state index < -0.39 is 0 Å². The van der Waals surface area contributed by atoms with Gasteiger partial charge in [0.1, 0.15) is 0 Å². The van der Waals surface area contributed by atoms with E-state index in [-0.39, 0.29) is 5.78 Å². The van der Waals surface area contributed by atoms with Crippen LogP contribution in [-0.2, 0) is 0 Å². The second-order valence-corrected chi connectivity index (χ2v) is 6.07. The number of hydrogen-bond acceptors (Lipinski definition) is 3. The van der Waals surface area contributed by atoms with E-state index in [1.807, 2.05) is 67.6 Å². The summed E-state index contributed by atoms with van der Waals surface area (Å²) in [6.45, 7) is 1.86. The average molecular weight is 339 g/mol. The van der Waals surface area contributed by atoms with Crippen molar-refractivity contribution >= 4 is 22.6 Å². The lowest BCUT2D eigenvalue weighted by molar-refractivity contribution is 0.104. The molecule has 1 heterocycles. The third-order valence-corrected chi connectivity index (χ3v) is 4.33. The van der Waals surface area contributed by atoms with Crippen LogP contribution in [0, 0.1) is 6.92 Å². The van der Waals surface area contributed by atoms with Crippen molar-refractivity contribution in [2.45, 2.75) is 6.92 Å². The van der Waals surface area contributed by atoms with Crippen molar-refractivity contribution in [1.82, 2.24) is 15.0 Å². The molecule has 26 heavy (non-hydrogen) atoms. The highest BCUT2D eigenvalue weighted by molar-refractivity contribution is 6.06. The molecule has 3 aromatic carbocycles. The van der Waals surface area contributed by atoms with Gasteiger partial charge in [-0.1, -0.05) is 72.0 Å². The lowest BCUT2D eigenvalue weighted by Crippen LogP contribution is -2.01. The molecule has 1 aromatic heterocycles. The maximum absolute atomic E-state index is 12.5. The summed E-state index contributed by atoms with van der Waals surface area (Å²) in [4.78, 5) is 12.5. The molecule has 4 aromatic rings. The Balaban J connectivity index is 1.65. The van der Waals surface area contributed by atoms with Crippen LogP contribution >= 0.6 is 0 Å². The molecule has 0 bridgehead atoms. The zero-order chi connectivity index (χ0) is 17.9. The minimum Gasteiger partial charge on any atom is -0.287 e. The zero-order valence-electron chi connectivity index (χ0n) is 14.3. The fraction of sp³-hybridized carbons (Fsp3) is 0.0455. The fourth-order valence-corrected chi connectivity index (χ4v) is 2.93. The summed E-state index contributed by atoms with van der Waals surface area (Å²) in [6, 6.07) is 23.9. The fourth-order valence-electron chi connectivity index (χ4n) is 2.93. The van der Waals surface area contributed by atoms with Crippen LogP contribution in [0.2, 0.25) is 0 Å². The second-order valence-electron chi connectivity index (χ2n) is 6.07. The number of aromatic nitrogens is 3. The van der Waals surface area contributed by atoms with Crippen molar-refractivity contribution in [3.05, 3.63) is 95.8 Å². The average Bonchev–Trinajstić information content (AvgIpc) is 3.08. The molecule has 0 amide bonds. The summed E-state index contributed by atoms with van der Waals surface area (Å²) < 4.78 is 1.70. The van der Waals surface area contributed by atoms with Gasteiger partial charge in [-0.15, -0.1) is 5.10 Å². The Labute approximate surface area is 151 Å². The van der Waals surface area contributed by atoms with E-state index in [1.165, 1.54) is 6.08 Å². The van der Waals surface area contributed by atoms with Crippen LogP contribution in [0.5, 0.6) is 0 Å². The van der Waals surface area contributed by atoms with Gasteiger partial charge in [-0.2, -0.15) is 0 Å². The van der Waals surface area contributed by atoms with Crippen molar-refractivity contribution in [3.8, 4) is 5.69 Å². The number of allylic oxidation sites excluding steroid dienone is 1. The number of carbonyl (C=O) groups excluding carboxylic acids is 1. The van der Waals surface area contributed by atoms with Gasteiger partial charge in [-0.25, -0.2) is 4.68 Å². The predicted molar refractivity (Wildman–Crippen MR) is 103 cm³/mol. The SMILES string of the molecule is Cc1c(C(=O)/C=C/c2ccccc2)nnn1-c1ccc2ccccc2c1. The largest absolute Gasteiger partial charge is 0.287 e. The van der Waals surface area contributed by atoms with Gasteiger partial charge in [0.05, 0.1) is 11.4 Å². The van der Waals surface area contributed by atoms with Gasteiger partial charge in [0, 0.05) is 0 Å². The summed E-state index contributed by atoms with van der Waals surface area (Å²) >= 11 is 0. The molecule has 0 atom stereocenters. The Morgan fingerprint density at radius 2 is 1.65 bits per heavy atom. The van der Waals surface area contributed by atoms with E-state index in [2.05, 4.69) is 22.4 Å². The van der Waals surface area contributed by atoms with E-state index in [0.29, 0.717) is 5.69 Å². The molecule has 0 saturated carbocycles. The molecule has 0 saturated heterocycles. The predicted octanol–water partition coefficient (Wildman–Crippen LogP) is 4.63. The van der Waals surface area contributed by atoms with Gasteiger partial charge in [0.15, 0.2) is 5.69 Å². The molecule has 4 nitrogen and oxygen atoms in total. The first-order valence-electron chi connectivity index (χ1n) is 8.41. The highest BCUT2D eigenvalue weighted by atomic mass is 16.1. The quantitative estimate of drug-likeness (QED) is 0.402. The highest BCUT2D eigenvalue weighted by Crippen LogP contribution is 2.20. The number of carbonyl (C=O) groups is 1. The summed E-state index contributed by atoms with van der Waals surface area (Å²) in [5.74, 6) is -0.154. The first kappa shape index (κ1) is 16.0. The Bertz CT molecular complexity index is 1110. The summed E-state index contributed by atoms with van der Waals surface area (Å²) in [7, 11) is 0. The summed E-state index contributed by atoms with van der Waals surface area (Å²) in [6.07, 6.45) is 3.33. The topological polar surface area (TPSA) is 47.8 Å². The van der Waals surface area contributed by atoms with Crippen LogP contribution in [0.25, 0.3) is 22.5 Å². The third kappa shape index (κ3) is 3.05. The van der Waals surface area contributed by atoms with Crippen LogP contribution in [0.15, 0.2) is 78.9 Å². The maximum atomic E-state index is 12.5. The zero-order valence-corrected chi connectivity index (χ0v) is 14.3. The molecule has 0 spiro atoms. The minimum atomic E-state index is -0.154. The van der Waals surface area contributed by atoms with Crippen LogP contribution in [0.1, 0.15) is 21.7 Å². The van der Waals surface area contributed by atoms with Gasteiger partial charge in [0.25, 0.3) is 0 Å². The Morgan fingerprint density at radius 1 is 0.923 bits per heavy atom. The van der Waals surface area contributed by atoms with Crippen molar-refractivity contribution < 1.29 is 4.79 Å². The number of ketones is 1. The molecule has 0 aliphatic rings. The standard InChI is InChI=1S/C22H17N3O/c1-16-22(21(26)14-11-17-7-3-2-4-8-17)23-24-25(16)20-13-12-18-9-5-6-10-19(18)15-20/h2-15H,1H3/b14-11+. The van der Waals surface area contributed by atoms with Crippen molar-refractivity contribution in [3.63, 3.8) is 0 Å². The van der Waals surface area contributed by atoms with Crippen LogP contribution in [0.4, 0.5) is 0 Å². The van der Waals surface area contributed by atoms with E-state index in [4.69, 9.17) is 0 Å². The van der Waals surface area contributed by atoms with Gasteiger partial charge < -0.3 is 0 Å². The van der Waals surface area contributed by atoms with Gasteiger partial charge in [-0.3, -0.25) is 4.79 Å². The number of fused-ring (bicyclic) bond motifs is 1. The third-order valence-electron chi connectivity index (χ3n) is 4.33. The van der Waals surface area contributed by atoms with Gasteiger partial charge in [0.2, 0.25) is 5.78 Å². The number of rotatable bonds is 4. The Hall–Kier alpha value is -3.53. The van der Waals surface area contributed by atoms with Crippen molar-refractivity contribution in [2.24, 2.45) is 0 Å². The Morgan fingerprint density at radius 3 is 2.46 bits per heavy atom. The van der Waals surface area contributed by atoms with Crippen molar-refractivity contribution in [1.29, 1.82) is 0 Å². The monoisotopic (exact) mass is 339 g/mol.